The first-order valence-electron chi connectivity index (χ1n) is 8.61. The molecule has 3 aromatic rings. The molecule has 0 saturated carbocycles. The quantitative estimate of drug-likeness (QED) is 0.661. The lowest BCUT2D eigenvalue weighted by Gasteiger charge is -2.23. The number of nitrogens with zero attached hydrogens (tertiary/aromatic N) is 1. The SMILES string of the molecule is O=C(CCNc1ccc(F)cc1)N(Cc1ccccc1)c1ccccc1. The van der Waals surface area contributed by atoms with Crippen molar-refractivity contribution < 1.29 is 9.18 Å². The molecule has 0 aromatic heterocycles. The lowest BCUT2D eigenvalue weighted by molar-refractivity contribution is -0.118. The summed E-state index contributed by atoms with van der Waals surface area (Å²) in [5, 5.41) is 3.16. The minimum Gasteiger partial charge on any atom is -0.385 e. The van der Waals surface area contributed by atoms with E-state index in [0.717, 1.165) is 16.9 Å². The first-order valence-corrected chi connectivity index (χ1v) is 8.61. The molecule has 0 fully saturated rings. The van der Waals surface area contributed by atoms with Gasteiger partial charge >= 0.3 is 0 Å². The molecule has 0 radical (unpaired) electrons. The van der Waals surface area contributed by atoms with Crippen molar-refractivity contribution in [1.82, 2.24) is 0 Å². The molecule has 4 heteroatoms. The van der Waals surface area contributed by atoms with Crippen molar-refractivity contribution in [3.63, 3.8) is 0 Å². The Hall–Kier alpha value is -3.14. The predicted octanol–water partition coefficient (Wildman–Crippen LogP) is 4.86. The number of hydrogen-bond acceptors (Lipinski definition) is 2. The number of hydrogen-bond donors (Lipinski definition) is 1. The summed E-state index contributed by atoms with van der Waals surface area (Å²) in [6.45, 7) is 1.02. The Morgan fingerprint density at radius 3 is 2.12 bits per heavy atom. The van der Waals surface area contributed by atoms with Crippen molar-refractivity contribution >= 4 is 17.3 Å². The van der Waals surface area contributed by atoms with Crippen LogP contribution in [-0.2, 0) is 11.3 Å². The van der Waals surface area contributed by atoms with Crippen molar-refractivity contribution in [2.45, 2.75) is 13.0 Å². The zero-order valence-electron chi connectivity index (χ0n) is 14.4. The van der Waals surface area contributed by atoms with E-state index in [2.05, 4.69) is 5.32 Å². The van der Waals surface area contributed by atoms with Gasteiger partial charge in [-0.15, -0.1) is 0 Å². The largest absolute Gasteiger partial charge is 0.385 e. The standard InChI is InChI=1S/C22H21FN2O/c23-19-11-13-20(14-12-19)24-16-15-22(26)25(21-9-5-2-6-10-21)17-18-7-3-1-4-8-18/h1-14,24H,15-17H2. The summed E-state index contributed by atoms with van der Waals surface area (Å²) in [5.74, 6) is -0.237. The monoisotopic (exact) mass is 348 g/mol. The second-order valence-corrected chi connectivity index (χ2v) is 5.98. The number of rotatable bonds is 7. The molecule has 0 bridgehead atoms. The fourth-order valence-electron chi connectivity index (χ4n) is 2.71. The van der Waals surface area contributed by atoms with E-state index in [0.29, 0.717) is 19.5 Å². The molecule has 0 heterocycles. The molecule has 0 atom stereocenters. The van der Waals surface area contributed by atoms with Crippen LogP contribution < -0.4 is 10.2 Å². The molecule has 0 saturated heterocycles. The summed E-state index contributed by atoms with van der Waals surface area (Å²) in [6.07, 6.45) is 0.346. The van der Waals surface area contributed by atoms with Gasteiger partial charge in [-0.25, -0.2) is 4.39 Å². The van der Waals surface area contributed by atoms with E-state index in [1.165, 1.54) is 12.1 Å². The normalized spacial score (nSPS) is 10.3. The van der Waals surface area contributed by atoms with Crippen molar-refractivity contribution in [3.05, 3.63) is 96.3 Å². The summed E-state index contributed by atoms with van der Waals surface area (Å²) in [6, 6.07) is 25.7. The maximum atomic E-state index is 12.9. The summed E-state index contributed by atoms with van der Waals surface area (Å²) in [7, 11) is 0. The van der Waals surface area contributed by atoms with Crippen LogP contribution in [0.5, 0.6) is 0 Å². The number of benzene rings is 3. The molecule has 1 amide bonds. The van der Waals surface area contributed by atoms with E-state index < -0.39 is 0 Å². The zero-order chi connectivity index (χ0) is 18.2. The summed E-state index contributed by atoms with van der Waals surface area (Å²) in [5.41, 5.74) is 2.76. The van der Waals surface area contributed by atoms with Crippen molar-refractivity contribution in [2.75, 3.05) is 16.8 Å². The number of halogens is 1. The van der Waals surface area contributed by atoms with Gasteiger partial charge in [-0.1, -0.05) is 48.5 Å². The first kappa shape index (κ1) is 17.7. The number of amides is 1. The Morgan fingerprint density at radius 2 is 1.46 bits per heavy atom. The average Bonchev–Trinajstić information content (AvgIpc) is 2.69. The van der Waals surface area contributed by atoms with E-state index in [9.17, 15) is 9.18 Å². The molecule has 26 heavy (non-hydrogen) atoms. The van der Waals surface area contributed by atoms with Gasteiger partial charge in [0.25, 0.3) is 0 Å². The van der Waals surface area contributed by atoms with Gasteiger partial charge in [-0.05, 0) is 42.0 Å². The molecule has 3 aromatic carbocycles. The van der Waals surface area contributed by atoms with Crippen molar-refractivity contribution in [2.24, 2.45) is 0 Å². The van der Waals surface area contributed by atoms with Gasteiger partial charge in [-0.2, -0.15) is 0 Å². The topological polar surface area (TPSA) is 32.3 Å². The Bertz CT molecular complexity index is 820. The smallest absolute Gasteiger partial charge is 0.229 e. The molecule has 0 aliphatic heterocycles. The molecule has 0 aliphatic rings. The van der Waals surface area contributed by atoms with Crippen LogP contribution in [0.1, 0.15) is 12.0 Å². The lowest BCUT2D eigenvalue weighted by atomic mass is 10.2. The van der Waals surface area contributed by atoms with Gasteiger partial charge < -0.3 is 10.2 Å². The summed E-state index contributed by atoms with van der Waals surface area (Å²) >= 11 is 0. The molecule has 1 N–H and O–H groups in total. The number of carbonyl (C=O) groups excluding carboxylic acids is 1. The van der Waals surface area contributed by atoms with Crippen LogP contribution in [0.25, 0.3) is 0 Å². The fraction of sp³-hybridized carbons (Fsp3) is 0.136. The van der Waals surface area contributed by atoms with Crippen LogP contribution in [0, 0.1) is 5.82 Å². The van der Waals surface area contributed by atoms with Gasteiger partial charge in [0.1, 0.15) is 5.82 Å². The molecule has 0 spiro atoms. The van der Waals surface area contributed by atoms with Gasteiger partial charge in [0.05, 0.1) is 6.54 Å². The molecule has 132 valence electrons. The molecule has 3 nitrogen and oxygen atoms in total. The number of anilines is 2. The highest BCUT2D eigenvalue weighted by Crippen LogP contribution is 2.18. The highest BCUT2D eigenvalue weighted by atomic mass is 19.1. The second kappa shape index (κ2) is 8.81. The Kier molecular flexibility index (Phi) is 5.99. The van der Waals surface area contributed by atoms with E-state index in [-0.39, 0.29) is 11.7 Å². The Labute approximate surface area is 153 Å². The fourth-order valence-corrected chi connectivity index (χ4v) is 2.71. The van der Waals surface area contributed by atoms with Crippen molar-refractivity contribution in [3.8, 4) is 0 Å². The highest BCUT2D eigenvalue weighted by Gasteiger charge is 2.15. The highest BCUT2D eigenvalue weighted by molar-refractivity contribution is 5.93. The van der Waals surface area contributed by atoms with Crippen LogP contribution in [0.15, 0.2) is 84.9 Å². The maximum absolute atomic E-state index is 12.9. The molecular formula is C22H21FN2O. The zero-order valence-corrected chi connectivity index (χ0v) is 14.4. The predicted molar refractivity (Wildman–Crippen MR) is 104 cm³/mol. The minimum absolute atomic E-state index is 0.0367. The average molecular weight is 348 g/mol. The molecule has 0 unspecified atom stereocenters. The second-order valence-electron chi connectivity index (χ2n) is 5.98. The number of nitrogens with one attached hydrogen (secondary N) is 1. The van der Waals surface area contributed by atoms with Gasteiger partial charge in [-0.3, -0.25) is 4.79 Å². The minimum atomic E-state index is -0.273. The maximum Gasteiger partial charge on any atom is 0.229 e. The van der Waals surface area contributed by atoms with Gasteiger partial charge in [0.15, 0.2) is 0 Å². The van der Waals surface area contributed by atoms with Gasteiger partial charge in [0.2, 0.25) is 5.91 Å². The number of para-hydroxylation sites is 1. The van der Waals surface area contributed by atoms with Crippen LogP contribution in [0.4, 0.5) is 15.8 Å². The van der Waals surface area contributed by atoms with Crippen LogP contribution in [-0.4, -0.2) is 12.5 Å². The third kappa shape index (κ3) is 4.93. The third-order valence-electron chi connectivity index (χ3n) is 4.06. The molecule has 3 rings (SSSR count). The molecular weight excluding hydrogens is 327 g/mol. The Balaban J connectivity index is 1.65. The first-order chi connectivity index (χ1) is 12.7. The third-order valence-corrected chi connectivity index (χ3v) is 4.06. The summed E-state index contributed by atoms with van der Waals surface area (Å²) in [4.78, 5) is 14.6. The van der Waals surface area contributed by atoms with E-state index in [1.807, 2.05) is 60.7 Å². The van der Waals surface area contributed by atoms with Crippen molar-refractivity contribution in [1.29, 1.82) is 0 Å². The van der Waals surface area contributed by atoms with Crippen LogP contribution in [0.2, 0.25) is 0 Å². The van der Waals surface area contributed by atoms with E-state index in [1.54, 1.807) is 17.0 Å². The van der Waals surface area contributed by atoms with Crippen LogP contribution in [0.3, 0.4) is 0 Å². The van der Waals surface area contributed by atoms with E-state index >= 15 is 0 Å². The molecule has 0 aliphatic carbocycles. The van der Waals surface area contributed by atoms with Crippen LogP contribution >= 0.6 is 0 Å². The lowest BCUT2D eigenvalue weighted by Crippen LogP contribution is -2.31. The number of carbonyl (C=O) groups is 1. The van der Waals surface area contributed by atoms with E-state index in [4.69, 9.17) is 0 Å². The van der Waals surface area contributed by atoms with Gasteiger partial charge in [0, 0.05) is 24.3 Å². The Morgan fingerprint density at radius 1 is 0.846 bits per heavy atom. The summed E-state index contributed by atoms with van der Waals surface area (Å²) < 4.78 is 12.9.